The van der Waals surface area contributed by atoms with Crippen molar-refractivity contribution in [3.05, 3.63) is 70.9 Å². The minimum absolute atomic E-state index is 0.123. The first-order valence-electron chi connectivity index (χ1n) is 10.1. The van der Waals surface area contributed by atoms with Crippen LogP contribution in [-0.2, 0) is 9.84 Å². The summed E-state index contributed by atoms with van der Waals surface area (Å²) in [4.78, 5) is 13.4. The second-order valence-electron chi connectivity index (χ2n) is 7.37. The maximum Gasteiger partial charge on any atom is 0.314 e. The Labute approximate surface area is 181 Å². The molecule has 1 aromatic heterocycles. The van der Waals surface area contributed by atoms with E-state index in [4.69, 9.17) is 4.74 Å². The van der Waals surface area contributed by atoms with Crippen molar-refractivity contribution in [2.75, 3.05) is 12.9 Å². The molecule has 3 rings (SSSR count). The van der Waals surface area contributed by atoms with Crippen LogP contribution in [0.1, 0.15) is 26.7 Å². The van der Waals surface area contributed by atoms with Crippen LogP contribution in [-0.4, -0.2) is 31.1 Å². The lowest BCUT2D eigenvalue weighted by molar-refractivity contribution is 0.237. The zero-order valence-corrected chi connectivity index (χ0v) is 18.5. The Bertz CT molecular complexity index is 1200. The van der Waals surface area contributed by atoms with Crippen LogP contribution in [0.5, 0.6) is 5.75 Å². The Hall–Kier alpha value is -3.00. The van der Waals surface area contributed by atoms with E-state index in [0.717, 1.165) is 23.8 Å². The standard InChI is InChI=1S/C23H25FN2O4S/c1-4-16(5-2)15-30-22-21(17-6-12-20(13-7-17)31(3,28)29)14-25-26(23(22)27)19-10-8-18(24)9-11-19/h6-14,16H,4-5,15H2,1-3H3. The van der Waals surface area contributed by atoms with Crippen molar-refractivity contribution >= 4 is 9.84 Å². The third-order valence-corrected chi connectivity index (χ3v) is 6.34. The Kier molecular flexibility index (Phi) is 6.90. The summed E-state index contributed by atoms with van der Waals surface area (Å²) < 4.78 is 44.0. The largest absolute Gasteiger partial charge is 0.487 e. The van der Waals surface area contributed by atoms with Crippen molar-refractivity contribution in [3.8, 4) is 22.6 Å². The highest BCUT2D eigenvalue weighted by atomic mass is 32.2. The molecule has 0 fully saturated rings. The van der Waals surface area contributed by atoms with Crippen LogP contribution in [0.4, 0.5) is 4.39 Å². The second-order valence-corrected chi connectivity index (χ2v) is 9.39. The van der Waals surface area contributed by atoms with Crippen LogP contribution < -0.4 is 10.3 Å². The summed E-state index contributed by atoms with van der Waals surface area (Å²) in [5.74, 6) is -0.00443. The van der Waals surface area contributed by atoms with Crippen molar-refractivity contribution in [2.45, 2.75) is 31.6 Å². The summed E-state index contributed by atoms with van der Waals surface area (Å²) in [5.41, 5.74) is 1.03. The highest BCUT2D eigenvalue weighted by molar-refractivity contribution is 7.90. The van der Waals surface area contributed by atoms with Gasteiger partial charge in [-0.15, -0.1) is 0 Å². The monoisotopic (exact) mass is 444 g/mol. The third kappa shape index (κ3) is 5.19. The predicted molar refractivity (Wildman–Crippen MR) is 118 cm³/mol. The number of sulfone groups is 1. The van der Waals surface area contributed by atoms with Gasteiger partial charge in [-0.3, -0.25) is 4.79 Å². The molecule has 0 unspecified atom stereocenters. The third-order valence-electron chi connectivity index (χ3n) is 5.22. The number of ether oxygens (including phenoxy) is 1. The van der Waals surface area contributed by atoms with E-state index < -0.39 is 21.2 Å². The highest BCUT2D eigenvalue weighted by Gasteiger charge is 2.18. The van der Waals surface area contributed by atoms with E-state index in [-0.39, 0.29) is 16.6 Å². The van der Waals surface area contributed by atoms with E-state index in [0.29, 0.717) is 23.4 Å². The molecule has 0 saturated carbocycles. The van der Waals surface area contributed by atoms with Gasteiger partial charge < -0.3 is 4.74 Å². The fourth-order valence-corrected chi connectivity index (χ4v) is 3.79. The fourth-order valence-electron chi connectivity index (χ4n) is 3.16. The van der Waals surface area contributed by atoms with E-state index in [1.807, 2.05) is 0 Å². The van der Waals surface area contributed by atoms with Gasteiger partial charge in [-0.25, -0.2) is 12.8 Å². The molecule has 31 heavy (non-hydrogen) atoms. The van der Waals surface area contributed by atoms with Crippen LogP contribution in [0.3, 0.4) is 0 Å². The molecule has 0 bridgehead atoms. The number of nitrogens with zero attached hydrogens (tertiary/aromatic N) is 2. The molecule has 6 nitrogen and oxygen atoms in total. The molecule has 164 valence electrons. The van der Waals surface area contributed by atoms with Gasteiger partial charge in [0.05, 0.1) is 23.4 Å². The predicted octanol–water partition coefficient (Wildman–Crippen LogP) is 4.26. The van der Waals surface area contributed by atoms with Gasteiger partial charge in [-0.2, -0.15) is 9.78 Å². The van der Waals surface area contributed by atoms with Gasteiger partial charge in [0.2, 0.25) is 0 Å². The van der Waals surface area contributed by atoms with Gasteiger partial charge in [0, 0.05) is 11.8 Å². The quantitative estimate of drug-likeness (QED) is 0.519. The van der Waals surface area contributed by atoms with E-state index in [9.17, 15) is 17.6 Å². The maximum atomic E-state index is 13.3. The molecule has 0 saturated heterocycles. The van der Waals surface area contributed by atoms with E-state index in [2.05, 4.69) is 18.9 Å². The molecule has 0 radical (unpaired) electrons. The topological polar surface area (TPSA) is 78.3 Å². The Morgan fingerprint density at radius 2 is 1.65 bits per heavy atom. The first-order valence-corrected chi connectivity index (χ1v) is 11.9. The molecular weight excluding hydrogens is 419 g/mol. The number of aromatic nitrogens is 2. The van der Waals surface area contributed by atoms with Crippen LogP contribution in [0.25, 0.3) is 16.8 Å². The summed E-state index contributed by atoms with van der Waals surface area (Å²) in [7, 11) is -3.34. The SMILES string of the molecule is CCC(CC)COc1c(-c2ccc(S(C)(=O)=O)cc2)cnn(-c2ccc(F)cc2)c1=O. The molecule has 0 aliphatic carbocycles. The fraction of sp³-hybridized carbons (Fsp3) is 0.304. The molecular formula is C23H25FN2O4S. The zero-order chi connectivity index (χ0) is 22.6. The van der Waals surface area contributed by atoms with Crippen molar-refractivity contribution < 1.29 is 17.5 Å². The van der Waals surface area contributed by atoms with Crippen LogP contribution >= 0.6 is 0 Å². The first-order chi connectivity index (χ1) is 14.7. The lowest BCUT2D eigenvalue weighted by atomic mass is 10.0. The molecule has 0 atom stereocenters. The summed E-state index contributed by atoms with van der Waals surface area (Å²) in [6.45, 7) is 4.49. The summed E-state index contributed by atoms with van der Waals surface area (Å²) in [6, 6.07) is 11.7. The summed E-state index contributed by atoms with van der Waals surface area (Å²) in [6.07, 6.45) is 4.46. The van der Waals surface area contributed by atoms with Gasteiger partial charge >= 0.3 is 5.56 Å². The van der Waals surface area contributed by atoms with Gasteiger partial charge in [0.1, 0.15) is 5.82 Å². The molecule has 0 N–H and O–H groups in total. The lowest BCUT2D eigenvalue weighted by Gasteiger charge is -2.17. The highest BCUT2D eigenvalue weighted by Crippen LogP contribution is 2.28. The van der Waals surface area contributed by atoms with Crippen molar-refractivity contribution in [3.63, 3.8) is 0 Å². The average molecular weight is 445 g/mol. The number of benzene rings is 2. The number of hydrogen-bond donors (Lipinski definition) is 0. The average Bonchev–Trinajstić information content (AvgIpc) is 2.75. The Balaban J connectivity index is 2.10. The molecule has 2 aromatic carbocycles. The summed E-state index contributed by atoms with van der Waals surface area (Å²) in [5, 5.41) is 4.24. The molecule has 0 aliphatic heterocycles. The second kappa shape index (κ2) is 9.43. The smallest absolute Gasteiger partial charge is 0.314 e. The zero-order valence-electron chi connectivity index (χ0n) is 17.7. The first kappa shape index (κ1) is 22.7. The molecule has 0 amide bonds. The van der Waals surface area contributed by atoms with E-state index in [1.54, 1.807) is 12.1 Å². The van der Waals surface area contributed by atoms with Gasteiger partial charge in [-0.1, -0.05) is 38.8 Å². The molecule has 8 heteroatoms. The Morgan fingerprint density at radius 3 is 2.19 bits per heavy atom. The van der Waals surface area contributed by atoms with Crippen LogP contribution in [0.15, 0.2) is 64.4 Å². The van der Waals surface area contributed by atoms with Crippen molar-refractivity contribution in [2.24, 2.45) is 5.92 Å². The minimum Gasteiger partial charge on any atom is -0.487 e. The number of hydrogen-bond acceptors (Lipinski definition) is 5. The van der Waals surface area contributed by atoms with Gasteiger partial charge in [0.25, 0.3) is 0 Å². The lowest BCUT2D eigenvalue weighted by Crippen LogP contribution is -2.25. The van der Waals surface area contributed by atoms with Crippen LogP contribution in [0, 0.1) is 11.7 Å². The molecule has 3 aromatic rings. The van der Waals surface area contributed by atoms with Crippen molar-refractivity contribution in [1.29, 1.82) is 0 Å². The maximum absolute atomic E-state index is 13.3. The van der Waals surface area contributed by atoms with Gasteiger partial charge in [0.15, 0.2) is 15.6 Å². The molecule has 0 spiro atoms. The van der Waals surface area contributed by atoms with Crippen molar-refractivity contribution in [1.82, 2.24) is 9.78 Å². The van der Waals surface area contributed by atoms with E-state index >= 15 is 0 Å². The van der Waals surface area contributed by atoms with E-state index in [1.165, 1.54) is 42.6 Å². The molecule has 1 heterocycles. The van der Waals surface area contributed by atoms with Crippen LogP contribution in [0.2, 0.25) is 0 Å². The normalized spacial score (nSPS) is 11.6. The summed E-state index contributed by atoms with van der Waals surface area (Å²) >= 11 is 0. The number of rotatable bonds is 8. The molecule has 0 aliphatic rings. The Morgan fingerprint density at radius 1 is 1.03 bits per heavy atom. The minimum atomic E-state index is -3.34. The number of halogens is 1. The van der Waals surface area contributed by atoms with Gasteiger partial charge in [-0.05, 0) is 47.9 Å².